The van der Waals surface area contributed by atoms with Crippen LogP contribution in [0.2, 0.25) is 0 Å². The molecule has 0 radical (unpaired) electrons. The quantitative estimate of drug-likeness (QED) is 0.0975. The van der Waals surface area contributed by atoms with Crippen LogP contribution in [0.1, 0.15) is 10.4 Å². The van der Waals surface area contributed by atoms with Crippen LogP contribution in [0.4, 0.5) is 28.4 Å². The molecule has 0 heterocycles. The fraction of sp³-hybridized carbons (Fsp3) is 0. The molecule has 0 aliphatic rings. The molecule has 0 saturated carbocycles. The van der Waals surface area contributed by atoms with Crippen LogP contribution in [-0.4, -0.2) is 31.8 Å². The summed E-state index contributed by atoms with van der Waals surface area (Å²) >= 11 is 0. The molecule has 5 rings (SSSR count). The van der Waals surface area contributed by atoms with Crippen LogP contribution in [-0.2, 0) is 20.2 Å². The largest absolute Gasteiger partial charge is 0.398 e. The Bertz CT molecular complexity index is 2180. The molecule has 212 valence electrons. The molecule has 0 fully saturated rings. The number of carbonyl (C=O) groups excluding carboxylic acids is 1. The van der Waals surface area contributed by atoms with Crippen LogP contribution >= 0.6 is 0 Å². The second-order valence-corrected chi connectivity index (χ2v) is 11.8. The van der Waals surface area contributed by atoms with Gasteiger partial charge in [0.1, 0.15) is 0 Å². The third-order valence-electron chi connectivity index (χ3n) is 6.23. The summed E-state index contributed by atoms with van der Waals surface area (Å²) in [6.07, 6.45) is 0. The van der Waals surface area contributed by atoms with Crippen molar-refractivity contribution >= 4 is 76.1 Å². The maximum atomic E-state index is 11.9. The number of nitrogens with two attached hydrogens (primary N) is 2. The molecule has 1 amide bonds. The third kappa shape index (κ3) is 5.84. The molecule has 0 bridgehead atoms. The lowest BCUT2D eigenvalue weighted by Gasteiger charge is -2.08. The minimum Gasteiger partial charge on any atom is -0.398 e. The number of anilines is 1. The molecule has 42 heavy (non-hydrogen) atoms. The molecule has 0 unspecified atom stereocenters. The van der Waals surface area contributed by atoms with Gasteiger partial charge in [0.15, 0.2) is 0 Å². The van der Waals surface area contributed by atoms with Gasteiger partial charge in [0.25, 0.3) is 20.2 Å². The maximum Gasteiger partial charge on any atom is 0.294 e. The highest BCUT2D eigenvalue weighted by Crippen LogP contribution is 2.38. The Hall–Kier alpha value is -5.09. The zero-order chi connectivity index (χ0) is 30.2. The highest BCUT2D eigenvalue weighted by atomic mass is 32.2. The molecule has 6 N–H and O–H groups in total. The van der Waals surface area contributed by atoms with E-state index in [1.165, 1.54) is 60.7 Å². The summed E-state index contributed by atoms with van der Waals surface area (Å²) in [5.74, 6) is -0.585. The van der Waals surface area contributed by atoms with Gasteiger partial charge in [0.2, 0.25) is 5.91 Å². The van der Waals surface area contributed by atoms with Crippen LogP contribution in [0.25, 0.3) is 21.5 Å². The summed E-state index contributed by atoms with van der Waals surface area (Å²) in [6, 6.07) is 20.0. The molecule has 13 nitrogen and oxygen atoms in total. The Morgan fingerprint density at radius 2 is 1.02 bits per heavy atom. The van der Waals surface area contributed by atoms with Gasteiger partial charge in [0, 0.05) is 32.8 Å². The van der Waals surface area contributed by atoms with Crippen LogP contribution in [0.3, 0.4) is 0 Å². The minimum absolute atomic E-state index is 0.222. The Morgan fingerprint density at radius 1 is 0.571 bits per heavy atom. The number of primary amides is 1. The van der Waals surface area contributed by atoms with Crippen LogP contribution < -0.4 is 11.5 Å². The van der Waals surface area contributed by atoms with Gasteiger partial charge < -0.3 is 11.5 Å². The van der Waals surface area contributed by atoms with Crippen molar-refractivity contribution in [1.29, 1.82) is 0 Å². The van der Waals surface area contributed by atoms with Gasteiger partial charge in [-0.1, -0.05) is 12.1 Å². The van der Waals surface area contributed by atoms with Crippen molar-refractivity contribution < 1.29 is 30.7 Å². The van der Waals surface area contributed by atoms with Gasteiger partial charge >= 0.3 is 0 Å². The lowest BCUT2D eigenvalue weighted by Crippen LogP contribution is -2.10. The number of hydrogen-bond donors (Lipinski definition) is 4. The monoisotopic (exact) mass is 604 g/mol. The molecule has 0 aromatic heterocycles. The summed E-state index contributed by atoms with van der Waals surface area (Å²) in [6.45, 7) is 0. The molecule has 0 spiro atoms. The fourth-order valence-corrected chi connectivity index (χ4v) is 5.14. The van der Waals surface area contributed by atoms with Crippen LogP contribution in [0, 0.1) is 0 Å². The first-order valence-electron chi connectivity index (χ1n) is 11.9. The second kappa shape index (κ2) is 10.7. The van der Waals surface area contributed by atoms with E-state index in [-0.39, 0.29) is 26.6 Å². The number of carbonyl (C=O) groups is 1. The zero-order valence-electron chi connectivity index (χ0n) is 21.3. The maximum absolute atomic E-state index is 11.9. The molecule has 5 aromatic carbocycles. The number of fused-ring (bicyclic) bond motifs is 2. The summed E-state index contributed by atoms with van der Waals surface area (Å²) in [7, 11) is -9.02. The van der Waals surface area contributed by atoms with Crippen LogP contribution in [0.15, 0.2) is 115 Å². The molecule has 0 aliphatic carbocycles. The Kier molecular flexibility index (Phi) is 7.26. The number of benzene rings is 5. The van der Waals surface area contributed by atoms with Crippen molar-refractivity contribution in [2.24, 2.45) is 26.2 Å². The Balaban J connectivity index is 1.60. The number of hydrogen-bond acceptors (Lipinski definition) is 10. The Morgan fingerprint density at radius 3 is 1.55 bits per heavy atom. The van der Waals surface area contributed by atoms with Gasteiger partial charge in [0.05, 0.1) is 32.5 Å². The smallest absolute Gasteiger partial charge is 0.294 e. The van der Waals surface area contributed by atoms with Crippen molar-refractivity contribution in [3.8, 4) is 0 Å². The van der Waals surface area contributed by atoms with E-state index in [2.05, 4.69) is 20.5 Å². The van der Waals surface area contributed by atoms with E-state index in [1.807, 2.05) is 0 Å². The van der Waals surface area contributed by atoms with Gasteiger partial charge in [-0.05, 0) is 72.8 Å². The third-order valence-corrected chi connectivity index (χ3v) is 7.93. The second-order valence-electron chi connectivity index (χ2n) is 8.95. The molecular weight excluding hydrogens is 584 g/mol. The zero-order valence-corrected chi connectivity index (χ0v) is 22.9. The summed E-state index contributed by atoms with van der Waals surface area (Å²) < 4.78 is 65.9. The SMILES string of the molecule is NC(=O)c1ccc(N=Nc2ccc(N=Nc3ccc(N)c4cc(S(=O)(=O)O)ccc34)c3cc(S(=O)(=O)O)ccc23)cc1. The van der Waals surface area contributed by atoms with Gasteiger partial charge in [-0.25, -0.2) is 0 Å². The summed E-state index contributed by atoms with van der Waals surface area (Å²) in [4.78, 5) is 10.6. The number of nitrogen functional groups attached to an aromatic ring is 1. The van der Waals surface area contributed by atoms with Gasteiger partial charge in [-0.3, -0.25) is 13.9 Å². The number of nitrogens with zero attached hydrogens (tertiary/aromatic N) is 4. The fourth-order valence-electron chi connectivity index (χ4n) is 4.12. The van der Waals surface area contributed by atoms with E-state index in [1.54, 1.807) is 24.3 Å². The number of azo groups is 2. The molecule has 0 aliphatic heterocycles. The summed E-state index contributed by atoms with van der Waals surface area (Å²) in [5.41, 5.74) is 13.1. The first kappa shape index (κ1) is 28.4. The topological polar surface area (TPSA) is 227 Å². The van der Waals surface area contributed by atoms with Crippen molar-refractivity contribution in [1.82, 2.24) is 0 Å². The van der Waals surface area contributed by atoms with E-state index >= 15 is 0 Å². The minimum atomic E-state index is -4.55. The lowest BCUT2D eigenvalue weighted by atomic mass is 10.1. The predicted molar refractivity (Wildman–Crippen MR) is 155 cm³/mol. The highest BCUT2D eigenvalue weighted by molar-refractivity contribution is 7.86. The highest BCUT2D eigenvalue weighted by Gasteiger charge is 2.15. The normalized spacial score (nSPS) is 12.5. The van der Waals surface area contributed by atoms with E-state index in [0.29, 0.717) is 38.8 Å². The van der Waals surface area contributed by atoms with E-state index in [9.17, 15) is 30.7 Å². The van der Waals surface area contributed by atoms with Gasteiger partial charge in [-0.15, -0.1) is 15.3 Å². The molecule has 0 atom stereocenters. The lowest BCUT2D eigenvalue weighted by molar-refractivity contribution is 0.1000. The molecule has 15 heteroatoms. The first-order valence-corrected chi connectivity index (χ1v) is 14.8. The van der Waals surface area contributed by atoms with Gasteiger partial charge in [-0.2, -0.15) is 21.9 Å². The van der Waals surface area contributed by atoms with Crippen molar-refractivity contribution in [2.75, 3.05) is 5.73 Å². The average Bonchev–Trinajstić information content (AvgIpc) is 2.95. The number of rotatable bonds is 7. The van der Waals surface area contributed by atoms with E-state index < -0.39 is 26.1 Å². The Labute approximate surface area is 238 Å². The molecular formula is C27H20N6O7S2. The van der Waals surface area contributed by atoms with Crippen LogP contribution in [0.5, 0.6) is 0 Å². The van der Waals surface area contributed by atoms with Crippen molar-refractivity contribution in [3.05, 3.63) is 90.5 Å². The van der Waals surface area contributed by atoms with Crippen molar-refractivity contribution in [2.45, 2.75) is 9.79 Å². The molecule has 5 aromatic rings. The van der Waals surface area contributed by atoms with E-state index in [0.717, 1.165) is 0 Å². The standard InChI is InChI=1S/C27H20N6O7S2/c28-23-9-10-24(19-7-5-17(13-21(19)23)41(35,36)37)32-33-26-12-11-25(20-8-6-18(14-22(20)26)42(38,39)40)31-30-16-3-1-15(2-4-16)27(29)34/h1-14H,28H2,(H2,29,34)(H,35,36,37)(H,38,39,40). The average molecular weight is 605 g/mol. The number of amides is 1. The first-order chi connectivity index (χ1) is 19.8. The van der Waals surface area contributed by atoms with E-state index in [4.69, 9.17) is 11.5 Å². The molecule has 0 saturated heterocycles. The predicted octanol–water partition coefficient (Wildman–Crippen LogP) is 6.00. The summed E-state index contributed by atoms with van der Waals surface area (Å²) in [5, 5.41) is 18.5. The van der Waals surface area contributed by atoms with Crippen molar-refractivity contribution in [3.63, 3.8) is 0 Å².